The number of morpholine rings is 1. The SMILES string of the molecule is C[C@]1(N2CCc3c(-c4cnc(N)nc4)nc(N4CCOCC4)nc32)CCN(C(=O)[C@H](N)C(F)(F)F)C1. The van der Waals surface area contributed by atoms with Gasteiger partial charge in [-0.3, -0.25) is 4.79 Å². The van der Waals surface area contributed by atoms with Crippen LogP contribution in [0, 0.1) is 0 Å². The molecule has 0 saturated carbocycles. The van der Waals surface area contributed by atoms with Crippen molar-refractivity contribution in [2.75, 3.05) is 61.5 Å². The van der Waals surface area contributed by atoms with Crippen molar-refractivity contribution in [2.45, 2.75) is 37.5 Å². The topological polar surface area (TPSA) is 140 Å². The van der Waals surface area contributed by atoms with Crippen LogP contribution >= 0.6 is 0 Å². The number of rotatable bonds is 4. The molecular formula is C22H28F3N9O2. The van der Waals surface area contributed by atoms with E-state index in [9.17, 15) is 18.0 Å². The number of hydrogen-bond acceptors (Lipinski definition) is 10. The number of halogens is 3. The highest BCUT2D eigenvalue weighted by molar-refractivity contribution is 5.83. The number of hydrogen-bond donors (Lipinski definition) is 2. The third-order valence-corrected chi connectivity index (χ3v) is 7.09. The summed E-state index contributed by atoms with van der Waals surface area (Å²) in [6.45, 7) is 5.20. The Morgan fingerprint density at radius 3 is 2.50 bits per heavy atom. The fraction of sp³-hybridized carbons (Fsp3) is 0.591. The van der Waals surface area contributed by atoms with E-state index in [1.165, 1.54) is 4.90 Å². The van der Waals surface area contributed by atoms with E-state index < -0.39 is 23.7 Å². The maximum atomic E-state index is 13.1. The van der Waals surface area contributed by atoms with E-state index in [0.29, 0.717) is 68.7 Å². The Labute approximate surface area is 205 Å². The second-order valence-corrected chi connectivity index (χ2v) is 9.53. The summed E-state index contributed by atoms with van der Waals surface area (Å²) in [5.41, 5.74) is 12.6. The lowest BCUT2D eigenvalue weighted by Gasteiger charge is -2.37. The Bertz CT molecular complexity index is 1140. The molecule has 3 aliphatic heterocycles. The van der Waals surface area contributed by atoms with Gasteiger partial charge in [-0.2, -0.15) is 18.2 Å². The van der Waals surface area contributed by atoms with E-state index >= 15 is 0 Å². The predicted molar refractivity (Wildman–Crippen MR) is 125 cm³/mol. The average molecular weight is 508 g/mol. The molecule has 3 aliphatic rings. The van der Waals surface area contributed by atoms with Crippen LogP contribution in [-0.4, -0.2) is 94.4 Å². The van der Waals surface area contributed by atoms with Crippen LogP contribution in [0.25, 0.3) is 11.3 Å². The minimum atomic E-state index is -4.79. The van der Waals surface area contributed by atoms with Crippen molar-refractivity contribution >= 4 is 23.6 Å². The van der Waals surface area contributed by atoms with Gasteiger partial charge in [0.05, 0.1) is 24.4 Å². The Morgan fingerprint density at radius 1 is 1.14 bits per heavy atom. The zero-order chi connectivity index (χ0) is 25.7. The minimum Gasteiger partial charge on any atom is -0.378 e. The summed E-state index contributed by atoms with van der Waals surface area (Å²) < 4.78 is 44.7. The van der Waals surface area contributed by atoms with Crippen LogP contribution in [-0.2, 0) is 16.0 Å². The summed E-state index contributed by atoms with van der Waals surface area (Å²) in [7, 11) is 0. The van der Waals surface area contributed by atoms with E-state index in [-0.39, 0.29) is 19.0 Å². The number of likely N-dealkylation sites (tertiary alicyclic amines) is 1. The molecule has 0 bridgehead atoms. The van der Waals surface area contributed by atoms with Gasteiger partial charge in [-0.25, -0.2) is 15.0 Å². The van der Waals surface area contributed by atoms with Gasteiger partial charge < -0.3 is 30.9 Å². The molecular weight excluding hydrogens is 479 g/mol. The van der Waals surface area contributed by atoms with Crippen molar-refractivity contribution in [1.82, 2.24) is 24.8 Å². The third-order valence-electron chi connectivity index (χ3n) is 7.09. The number of amides is 1. The number of aromatic nitrogens is 4. The van der Waals surface area contributed by atoms with E-state index in [1.54, 1.807) is 12.4 Å². The maximum Gasteiger partial charge on any atom is 0.412 e. The molecule has 2 atom stereocenters. The van der Waals surface area contributed by atoms with E-state index in [4.69, 9.17) is 26.2 Å². The van der Waals surface area contributed by atoms with Crippen LogP contribution in [0.3, 0.4) is 0 Å². The smallest absolute Gasteiger partial charge is 0.378 e. The summed E-state index contributed by atoms with van der Waals surface area (Å²) in [6.07, 6.45) is -0.434. The first-order valence-corrected chi connectivity index (χ1v) is 11.8. The maximum absolute atomic E-state index is 13.1. The van der Waals surface area contributed by atoms with Crippen LogP contribution in [0.2, 0.25) is 0 Å². The first-order valence-electron chi connectivity index (χ1n) is 11.8. The molecule has 14 heteroatoms. The highest BCUT2D eigenvalue weighted by atomic mass is 19.4. The van der Waals surface area contributed by atoms with Gasteiger partial charge in [-0.05, 0) is 19.8 Å². The highest BCUT2D eigenvalue weighted by Gasteiger charge is 2.49. The standard InChI is InChI=1S/C22H28F3N9O2/c1-21(3-5-33(12-21)18(35)16(26)22(23,24)25)34-4-2-14-15(13-10-28-19(27)29-11-13)30-20(31-17(14)34)32-6-8-36-9-7-32/h10-11,16H,2-9,12,26H2,1H3,(H2,27,28,29)/t16-,21-/m0/s1. The number of anilines is 3. The van der Waals surface area contributed by atoms with Crippen molar-refractivity contribution < 1.29 is 22.7 Å². The number of carbonyl (C=O) groups excluding carboxylic acids is 1. The van der Waals surface area contributed by atoms with Gasteiger partial charge in [0.1, 0.15) is 5.82 Å². The number of carbonyl (C=O) groups is 1. The molecule has 2 aromatic heterocycles. The van der Waals surface area contributed by atoms with Gasteiger partial charge in [0, 0.05) is 56.2 Å². The molecule has 0 spiro atoms. The highest BCUT2D eigenvalue weighted by Crippen LogP contribution is 2.41. The summed E-state index contributed by atoms with van der Waals surface area (Å²) >= 11 is 0. The van der Waals surface area contributed by atoms with E-state index in [2.05, 4.69) is 14.9 Å². The molecule has 1 amide bonds. The number of alkyl halides is 3. The fourth-order valence-electron chi connectivity index (χ4n) is 5.06. The summed E-state index contributed by atoms with van der Waals surface area (Å²) in [5.74, 6) is 0.279. The number of nitrogens with two attached hydrogens (primary N) is 2. The van der Waals surface area contributed by atoms with Gasteiger partial charge in [-0.1, -0.05) is 0 Å². The Balaban J connectivity index is 1.49. The Morgan fingerprint density at radius 2 is 1.83 bits per heavy atom. The summed E-state index contributed by atoms with van der Waals surface area (Å²) in [6, 6.07) is -2.53. The molecule has 0 unspecified atom stereocenters. The Kier molecular flexibility index (Phi) is 6.11. The van der Waals surface area contributed by atoms with Gasteiger partial charge in [-0.15, -0.1) is 0 Å². The minimum absolute atomic E-state index is 0.117. The van der Waals surface area contributed by atoms with E-state index in [1.807, 2.05) is 11.8 Å². The largest absolute Gasteiger partial charge is 0.412 e. The molecule has 194 valence electrons. The quantitative estimate of drug-likeness (QED) is 0.605. The lowest BCUT2D eigenvalue weighted by atomic mass is 9.99. The molecule has 5 rings (SSSR count). The van der Waals surface area contributed by atoms with Crippen molar-refractivity contribution in [3.8, 4) is 11.3 Å². The molecule has 11 nitrogen and oxygen atoms in total. The average Bonchev–Trinajstić information content (AvgIpc) is 3.48. The molecule has 4 N–H and O–H groups in total. The lowest BCUT2D eigenvalue weighted by molar-refractivity contribution is -0.169. The summed E-state index contributed by atoms with van der Waals surface area (Å²) in [4.78, 5) is 35.8. The van der Waals surface area contributed by atoms with Crippen LogP contribution in [0.15, 0.2) is 12.4 Å². The molecule has 0 aromatic carbocycles. The predicted octanol–water partition coefficient (Wildman–Crippen LogP) is 0.596. The molecule has 2 fully saturated rings. The van der Waals surface area contributed by atoms with Gasteiger partial charge in [0.15, 0.2) is 6.04 Å². The molecule has 0 radical (unpaired) electrons. The van der Waals surface area contributed by atoms with Crippen molar-refractivity contribution in [1.29, 1.82) is 0 Å². The van der Waals surface area contributed by atoms with Crippen LogP contribution in [0.1, 0.15) is 18.9 Å². The number of nitrogen functional groups attached to an aromatic ring is 1. The van der Waals surface area contributed by atoms with Crippen molar-refractivity contribution in [3.05, 3.63) is 18.0 Å². The molecule has 2 saturated heterocycles. The lowest BCUT2D eigenvalue weighted by Crippen LogP contribution is -2.54. The first-order chi connectivity index (χ1) is 17.1. The number of fused-ring (bicyclic) bond motifs is 1. The normalized spacial score (nSPS) is 23.2. The van der Waals surface area contributed by atoms with Crippen LogP contribution in [0.5, 0.6) is 0 Å². The van der Waals surface area contributed by atoms with Crippen molar-refractivity contribution in [3.63, 3.8) is 0 Å². The van der Waals surface area contributed by atoms with Gasteiger partial charge in [0.25, 0.3) is 0 Å². The summed E-state index contributed by atoms with van der Waals surface area (Å²) in [5, 5.41) is 0. The molecule has 2 aromatic rings. The van der Waals surface area contributed by atoms with Crippen LogP contribution in [0.4, 0.5) is 30.9 Å². The monoisotopic (exact) mass is 507 g/mol. The molecule has 0 aliphatic carbocycles. The van der Waals surface area contributed by atoms with Gasteiger partial charge >= 0.3 is 6.18 Å². The number of ether oxygens (including phenoxy) is 1. The zero-order valence-corrected chi connectivity index (χ0v) is 19.8. The second kappa shape index (κ2) is 9.00. The van der Waals surface area contributed by atoms with E-state index in [0.717, 1.165) is 5.56 Å². The van der Waals surface area contributed by atoms with Gasteiger partial charge in [0.2, 0.25) is 17.8 Å². The Hall–Kier alpha value is -3.26. The molecule has 5 heterocycles. The zero-order valence-electron chi connectivity index (χ0n) is 19.8. The second-order valence-electron chi connectivity index (χ2n) is 9.53. The fourth-order valence-corrected chi connectivity index (χ4v) is 5.06. The first kappa shape index (κ1) is 24.4. The number of nitrogens with zero attached hydrogens (tertiary/aromatic N) is 7. The van der Waals surface area contributed by atoms with Crippen LogP contribution < -0.4 is 21.3 Å². The third kappa shape index (κ3) is 4.39. The van der Waals surface area contributed by atoms with Crippen molar-refractivity contribution in [2.24, 2.45) is 5.73 Å². The molecule has 36 heavy (non-hydrogen) atoms.